The zero-order valence-electron chi connectivity index (χ0n) is 25.1. The van der Waals surface area contributed by atoms with E-state index in [9.17, 15) is 13.2 Å². The van der Waals surface area contributed by atoms with Crippen LogP contribution in [-0.2, 0) is 19.9 Å². The molecule has 0 fully saturated rings. The topological polar surface area (TPSA) is 13.1 Å². The molecule has 1 aliphatic rings. The van der Waals surface area contributed by atoms with Gasteiger partial charge in [-0.3, -0.25) is 0 Å². The molecule has 1 aliphatic heterocycles. The van der Waals surface area contributed by atoms with Gasteiger partial charge in [0, 0.05) is 17.0 Å². The quantitative estimate of drug-likeness (QED) is 0.156. The Morgan fingerprint density at radius 2 is 1.39 bits per heavy atom. The van der Waals surface area contributed by atoms with Crippen molar-refractivity contribution in [3.05, 3.63) is 77.0 Å². The van der Waals surface area contributed by atoms with Crippen LogP contribution in [0.2, 0.25) is 0 Å². The highest BCUT2D eigenvalue weighted by Crippen LogP contribution is 2.52. The fraction of sp³-hybridized carbons (Fsp3) is 0.361. The minimum absolute atomic E-state index is 0.0797. The van der Waals surface area contributed by atoms with Crippen molar-refractivity contribution in [3.8, 4) is 22.8 Å². The summed E-state index contributed by atoms with van der Waals surface area (Å²) in [5, 5.41) is 6.29. The molecule has 0 bridgehead atoms. The van der Waals surface area contributed by atoms with Crippen LogP contribution in [0.4, 0.5) is 13.2 Å². The Morgan fingerprint density at radius 1 is 0.732 bits per heavy atom. The van der Waals surface area contributed by atoms with Crippen LogP contribution in [0.5, 0.6) is 11.5 Å². The maximum absolute atomic E-state index is 13.7. The number of fused-ring (bicyclic) bond motifs is 5. The predicted octanol–water partition coefficient (Wildman–Crippen LogP) is 10.1. The van der Waals surface area contributed by atoms with Crippen LogP contribution in [0.25, 0.3) is 43.6 Å². The van der Waals surface area contributed by atoms with Gasteiger partial charge in [-0.2, -0.15) is 13.2 Å². The van der Waals surface area contributed by atoms with Crippen molar-refractivity contribution in [2.45, 2.75) is 67.5 Å². The van der Waals surface area contributed by atoms with E-state index < -0.39 is 11.6 Å². The number of hydrogen-bond acceptors (Lipinski definition) is 1. The summed E-state index contributed by atoms with van der Waals surface area (Å²) in [7, 11) is 2.05. The summed E-state index contributed by atoms with van der Waals surface area (Å²) in [6.07, 6.45) is -1.32. The molecule has 5 aromatic rings. The number of pyridine rings is 1. The van der Waals surface area contributed by atoms with Crippen molar-refractivity contribution in [1.29, 1.82) is 0 Å². The largest absolute Gasteiger partial charge is 0.455 e. The standard InChI is InChI=1S/C36H37F3NO/c1-20-27-15-22(18-34(3,4)5)10-12-25(27)21(2)33-30(20)32-31-26(13-14-40(32)8)28-16-23(19-35(6,7)36(37,38)39)9-11-24(28)17-29(31)41-33/h9-17H,18-19H2,1-8H3/q+1. The fourth-order valence-corrected chi connectivity index (χ4v) is 6.49. The number of aryl methyl sites for hydroxylation is 3. The van der Waals surface area contributed by atoms with E-state index in [2.05, 4.69) is 76.7 Å². The van der Waals surface area contributed by atoms with Gasteiger partial charge in [0.1, 0.15) is 18.5 Å². The summed E-state index contributed by atoms with van der Waals surface area (Å²) < 4.78 is 50.0. The molecular weight excluding hydrogens is 519 g/mol. The lowest BCUT2D eigenvalue weighted by Gasteiger charge is -2.28. The molecule has 0 spiro atoms. The third-order valence-electron chi connectivity index (χ3n) is 8.70. The number of ether oxygens (including phenoxy) is 1. The predicted molar refractivity (Wildman–Crippen MR) is 162 cm³/mol. The summed E-state index contributed by atoms with van der Waals surface area (Å²) in [5.74, 6) is 1.65. The average Bonchev–Trinajstić information content (AvgIpc) is 2.86. The van der Waals surface area contributed by atoms with E-state index >= 15 is 0 Å². The lowest BCUT2D eigenvalue weighted by Crippen LogP contribution is -2.34. The molecule has 212 valence electrons. The van der Waals surface area contributed by atoms with Crippen LogP contribution in [0.3, 0.4) is 0 Å². The monoisotopic (exact) mass is 556 g/mol. The van der Waals surface area contributed by atoms with E-state index in [-0.39, 0.29) is 11.8 Å². The second-order valence-electron chi connectivity index (χ2n) is 13.7. The summed E-state index contributed by atoms with van der Waals surface area (Å²) in [4.78, 5) is 0. The molecule has 0 unspecified atom stereocenters. The smallest absolute Gasteiger partial charge is 0.394 e. The van der Waals surface area contributed by atoms with Crippen molar-refractivity contribution in [3.63, 3.8) is 0 Å². The molecule has 0 amide bonds. The van der Waals surface area contributed by atoms with E-state index in [0.29, 0.717) is 5.56 Å². The first kappa shape index (κ1) is 27.6. The minimum Gasteiger partial charge on any atom is -0.455 e. The molecule has 1 aromatic heterocycles. The van der Waals surface area contributed by atoms with E-state index in [1.54, 1.807) is 0 Å². The fourth-order valence-electron chi connectivity index (χ4n) is 6.49. The average molecular weight is 557 g/mol. The van der Waals surface area contributed by atoms with Gasteiger partial charge < -0.3 is 4.74 Å². The van der Waals surface area contributed by atoms with Crippen molar-refractivity contribution in [1.82, 2.24) is 0 Å². The Morgan fingerprint density at radius 3 is 2.07 bits per heavy atom. The highest BCUT2D eigenvalue weighted by atomic mass is 19.4. The minimum atomic E-state index is -4.28. The Bertz CT molecular complexity index is 1890. The Hall–Kier alpha value is -3.60. The first-order chi connectivity index (χ1) is 19.1. The Kier molecular flexibility index (Phi) is 6.02. The number of aromatic nitrogens is 1. The van der Waals surface area contributed by atoms with Crippen molar-refractivity contribution in [2.24, 2.45) is 17.9 Å². The van der Waals surface area contributed by atoms with Crippen molar-refractivity contribution in [2.75, 3.05) is 0 Å². The van der Waals surface area contributed by atoms with Crippen LogP contribution in [-0.4, -0.2) is 6.18 Å². The molecule has 0 saturated carbocycles. The normalized spacial score (nSPS) is 13.6. The third-order valence-corrected chi connectivity index (χ3v) is 8.70. The zero-order valence-corrected chi connectivity index (χ0v) is 25.1. The number of alkyl halides is 3. The molecular formula is C36H37F3NO+. The number of nitrogens with zero attached hydrogens (tertiary/aromatic N) is 1. The lowest BCUT2D eigenvalue weighted by molar-refractivity contribution is -0.659. The van der Waals surface area contributed by atoms with Gasteiger partial charge in [-0.05, 0) is 76.4 Å². The number of rotatable bonds is 3. The maximum Gasteiger partial charge on any atom is 0.394 e. The van der Waals surface area contributed by atoms with Crippen LogP contribution in [0, 0.1) is 24.7 Å². The molecule has 0 saturated heterocycles. The molecule has 41 heavy (non-hydrogen) atoms. The third kappa shape index (κ3) is 4.45. The van der Waals surface area contributed by atoms with Gasteiger partial charge in [-0.25, -0.2) is 4.57 Å². The number of hydrogen-bond donors (Lipinski definition) is 0. The first-order valence-corrected chi connectivity index (χ1v) is 14.2. The highest BCUT2D eigenvalue weighted by Gasteiger charge is 2.47. The van der Waals surface area contributed by atoms with Gasteiger partial charge in [0.25, 0.3) is 0 Å². The van der Waals surface area contributed by atoms with Crippen LogP contribution in [0.15, 0.2) is 54.7 Å². The second kappa shape index (κ2) is 8.95. The summed E-state index contributed by atoms with van der Waals surface area (Å²) in [6.45, 7) is 13.6. The Labute approximate surface area is 239 Å². The van der Waals surface area contributed by atoms with E-state index in [1.165, 1.54) is 35.7 Å². The highest BCUT2D eigenvalue weighted by molar-refractivity contribution is 6.16. The summed E-state index contributed by atoms with van der Waals surface area (Å²) >= 11 is 0. The molecule has 0 aliphatic carbocycles. The van der Waals surface area contributed by atoms with Crippen molar-refractivity contribution < 1.29 is 22.5 Å². The summed E-state index contributed by atoms with van der Waals surface area (Å²) in [5.41, 5.74) is 4.78. The lowest BCUT2D eigenvalue weighted by atomic mass is 9.83. The van der Waals surface area contributed by atoms with Gasteiger partial charge in [0.05, 0.1) is 16.4 Å². The van der Waals surface area contributed by atoms with Gasteiger partial charge in [0.15, 0.2) is 6.20 Å². The molecule has 0 N–H and O–H groups in total. The maximum atomic E-state index is 13.7. The van der Waals surface area contributed by atoms with Crippen LogP contribution < -0.4 is 9.30 Å². The molecule has 0 atom stereocenters. The Balaban J connectivity index is 1.61. The molecule has 0 radical (unpaired) electrons. The molecule has 2 heterocycles. The SMILES string of the molecule is Cc1c2c(c(C)c3cc(CC(C)(C)C)ccc13)-c1c3c(cc4ccc(CC(C)(C)C(F)(F)F)cc4c3cc[n+]1C)O2. The van der Waals surface area contributed by atoms with E-state index in [1.807, 2.05) is 24.3 Å². The molecule has 2 nitrogen and oxygen atoms in total. The van der Waals surface area contributed by atoms with E-state index in [4.69, 9.17) is 4.74 Å². The number of benzene rings is 4. The van der Waals surface area contributed by atoms with Crippen molar-refractivity contribution >= 4 is 32.3 Å². The molecule has 4 aromatic carbocycles. The van der Waals surface area contributed by atoms with Crippen LogP contribution >= 0.6 is 0 Å². The van der Waals surface area contributed by atoms with Gasteiger partial charge in [-0.1, -0.05) is 71.0 Å². The second-order valence-corrected chi connectivity index (χ2v) is 13.7. The number of halogens is 3. The van der Waals surface area contributed by atoms with Gasteiger partial charge in [0.2, 0.25) is 5.69 Å². The van der Waals surface area contributed by atoms with Gasteiger partial charge >= 0.3 is 6.18 Å². The summed E-state index contributed by atoms with van der Waals surface area (Å²) in [6, 6.07) is 16.5. The molecule has 5 heteroatoms. The van der Waals surface area contributed by atoms with Crippen LogP contribution in [0.1, 0.15) is 56.9 Å². The van der Waals surface area contributed by atoms with Gasteiger partial charge in [-0.15, -0.1) is 0 Å². The molecule has 6 rings (SSSR count). The van der Waals surface area contributed by atoms with E-state index in [0.717, 1.165) is 56.3 Å². The zero-order chi connectivity index (χ0) is 29.6. The first-order valence-electron chi connectivity index (χ1n) is 14.2.